The molecular formula is C30H21ClF6N4O3. The number of halogens is 7. The molecule has 5 rings (SSSR count). The number of alkyl halides is 6. The quantitative estimate of drug-likeness (QED) is 0.145. The molecule has 0 saturated carbocycles. The maximum absolute atomic E-state index is 13.8. The highest BCUT2D eigenvalue weighted by Crippen LogP contribution is 2.40. The van der Waals surface area contributed by atoms with Crippen molar-refractivity contribution < 1.29 is 40.8 Å². The van der Waals surface area contributed by atoms with Crippen molar-refractivity contribution in [3.63, 3.8) is 0 Å². The molecule has 0 bridgehead atoms. The van der Waals surface area contributed by atoms with E-state index >= 15 is 0 Å². The molecule has 0 saturated heterocycles. The van der Waals surface area contributed by atoms with Crippen molar-refractivity contribution in [1.82, 2.24) is 20.2 Å². The lowest BCUT2D eigenvalue weighted by atomic mass is 9.93. The fourth-order valence-electron chi connectivity index (χ4n) is 4.61. The van der Waals surface area contributed by atoms with Crippen molar-refractivity contribution in [3.8, 4) is 22.6 Å². The zero-order valence-corrected chi connectivity index (χ0v) is 23.6. The summed E-state index contributed by atoms with van der Waals surface area (Å²) in [6.07, 6.45) is -10.1. The SMILES string of the molecule is CC(C)(O)c1onc(-c2nnn(Cc3cc(C(F)(F)F)cc(C(F)(F)F)c3)c2-c2ccccc2)c1C(=O)c1ccccc1Cl. The molecule has 0 aliphatic heterocycles. The van der Waals surface area contributed by atoms with Gasteiger partial charge >= 0.3 is 12.4 Å². The van der Waals surface area contributed by atoms with E-state index in [1.165, 1.54) is 26.0 Å². The van der Waals surface area contributed by atoms with E-state index in [2.05, 4.69) is 15.5 Å². The highest BCUT2D eigenvalue weighted by molar-refractivity contribution is 6.35. The molecule has 0 fully saturated rings. The molecule has 0 spiro atoms. The molecule has 2 heterocycles. The summed E-state index contributed by atoms with van der Waals surface area (Å²) in [5.74, 6) is -0.899. The van der Waals surface area contributed by atoms with Crippen molar-refractivity contribution in [2.75, 3.05) is 0 Å². The van der Waals surface area contributed by atoms with E-state index in [0.717, 1.165) is 4.68 Å². The number of hydrogen-bond donors (Lipinski definition) is 1. The minimum absolute atomic E-state index is 0.0362. The van der Waals surface area contributed by atoms with Crippen LogP contribution in [0.5, 0.6) is 0 Å². The molecule has 2 aromatic heterocycles. The summed E-state index contributed by atoms with van der Waals surface area (Å²) < 4.78 is 87.8. The average Bonchev–Trinajstić information content (AvgIpc) is 3.57. The third-order valence-electron chi connectivity index (χ3n) is 6.58. The highest BCUT2D eigenvalue weighted by Gasteiger charge is 2.38. The van der Waals surface area contributed by atoms with Gasteiger partial charge in [0.15, 0.2) is 5.76 Å². The first-order valence-corrected chi connectivity index (χ1v) is 13.2. The maximum Gasteiger partial charge on any atom is 0.416 e. The molecule has 0 amide bonds. The van der Waals surface area contributed by atoms with E-state index in [-0.39, 0.29) is 50.6 Å². The molecule has 7 nitrogen and oxygen atoms in total. The molecule has 0 aliphatic rings. The van der Waals surface area contributed by atoms with Gasteiger partial charge < -0.3 is 9.63 Å². The third kappa shape index (κ3) is 6.10. The first-order chi connectivity index (χ1) is 20.6. The Morgan fingerprint density at radius 3 is 2.05 bits per heavy atom. The monoisotopic (exact) mass is 634 g/mol. The molecule has 0 atom stereocenters. The third-order valence-corrected chi connectivity index (χ3v) is 6.91. The van der Waals surface area contributed by atoms with Crippen molar-refractivity contribution in [1.29, 1.82) is 0 Å². The molecule has 5 aromatic rings. The molecule has 228 valence electrons. The van der Waals surface area contributed by atoms with E-state index in [0.29, 0.717) is 17.7 Å². The first-order valence-electron chi connectivity index (χ1n) is 12.8. The van der Waals surface area contributed by atoms with Crippen LogP contribution in [-0.4, -0.2) is 31.0 Å². The van der Waals surface area contributed by atoms with Gasteiger partial charge in [-0.2, -0.15) is 26.3 Å². The number of ketones is 1. The van der Waals surface area contributed by atoms with Crippen molar-refractivity contribution >= 4 is 17.4 Å². The average molecular weight is 635 g/mol. The van der Waals surface area contributed by atoms with Crippen LogP contribution >= 0.6 is 11.6 Å². The number of carbonyl (C=O) groups is 1. The number of aliphatic hydroxyl groups is 1. The smallest absolute Gasteiger partial charge is 0.382 e. The minimum Gasteiger partial charge on any atom is -0.382 e. The van der Waals surface area contributed by atoms with Crippen LogP contribution in [0.4, 0.5) is 26.3 Å². The van der Waals surface area contributed by atoms with Crippen molar-refractivity contribution in [3.05, 3.63) is 111 Å². The van der Waals surface area contributed by atoms with Gasteiger partial charge in [0, 0.05) is 11.1 Å². The van der Waals surface area contributed by atoms with Gasteiger partial charge in [0.05, 0.1) is 34.0 Å². The Kier molecular flexibility index (Phi) is 7.89. The predicted molar refractivity (Wildman–Crippen MR) is 147 cm³/mol. The Bertz CT molecular complexity index is 1810. The van der Waals surface area contributed by atoms with E-state index in [4.69, 9.17) is 16.1 Å². The number of nitrogens with zero attached hydrogens (tertiary/aromatic N) is 4. The van der Waals surface area contributed by atoms with Crippen LogP contribution in [0.15, 0.2) is 77.3 Å². The Morgan fingerprint density at radius 2 is 1.48 bits per heavy atom. The van der Waals surface area contributed by atoms with Gasteiger partial charge in [-0.25, -0.2) is 4.68 Å². The van der Waals surface area contributed by atoms with Crippen LogP contribution in [-0.2, 0) is 24.5 Å². The second-order valence-corrected chi connectivity index (χ2v) is 10.7. The Hall–Kier alpha value is -4.49. The molecule has 0 aliphatic carbocycles. The summed E-state index contributed by atoms with van der Waals surface area (Å²) in [6, 6.07) is 15.6. The van der Waals surface area contributed by atoms with Gasteiger partial charge in [-0.3, -0.25) is 4.79 Å². The number of rotatable bonds is 7. The van der Waals surface area contributed by atoms with Gasteiger partial charge in [-0.15, -0.1) is 5.10 Å². The maximum atomic E-state index is 13.8. The largest absolute Gasteiger partial charge is 0.416 e. The molecule has 14 heteroatoms. The van der Waals surface area contributed by atoms with Crippen LogP contribution in [0, 0.1) is 0 Å². The molecule has 0 unspecified atom stereocenters. The lowest BCUT2D eigenvalue weighted by Gasteiger charge is -2.16. The summed E-state index contributed by atoms with van der Waals surface area (Å²) >= 11 is 6.29. The Labute approximate surface area is 250 Å². The number of carbonyl (C=O) groups excluding carboxylic acids is 1. The van der Waals surface area contributed by atoms with Crippen LogP contribution in [0.1, 0.15) is 52.2 Å². The van der Waals surface area contributed by atoms with Gasteiger partial charge in [-0.1, -0.05) is 64.4 Å². The van der Waals surface area contributed by atoms with Crippen molar-refractivity contribution in [2.45, 2.75) is 38.3 Å². The predicted octanol–water partition coefficient (Wildman–Crippen LogP) is 7.80. The highest BCUT2D eigenvalue weighted by atomic mass is 35.5. The molecule has 0 radical (unpaired) electrons. The molecule has 44 heavy (non-hydrogen) atoms. The Balaban J connectivity index is 1.72. The van der Waals surface area contributed by atoms with Gasteiger partial charge in [0.1, 0.15) is 17.0 Å². The fraction of sp³-hybridized carbons (Fsp3) is 0.200. The van der Waals surface area contributed by atoms with E-state index in [9.17, 15) is 36.2 Å². The number of benzene rings is 3. The zero-order valence-electron chi connectivity index (χ0n) is 22.8. The summed E-state index contributed by atoms with van der Waals surface area (Å²) in [7, 11) is 0. The van der Waals surface area contributed by atoms with Crippen LogP contribution < -0.4 is 0 Å². The van der Waals surface area contributed by atoms with E-state index in [1.807, 2.05) is 0 Å². The Morgan fingerprint density at radius 1 is 0.886 bits per heavy atom. The van der Waals surface area contributed by atoms with Crippen molar-refractivity contribution in [2.24, 2.45) is 0 Å². The van der Waals surface area contributed by atoms with E-state index < -0.39 is 41.4 Å². The second kappa shape index (κ2) is 11.2. The lowest BCUT2D eigenvalue weighted by molar-refractivity contribution is -0.143. The minimum atomic E-state index is -5.05. The topological polar surface area (TPSA) is 94.0 Å². The van der Waals surface area contributed by atoms with Gasteiger partial charge in [0.2, 0.25) is 5.78 Å². The molecule has 3 aromatic carbocycles. The molecular weight excluding hydrogens is 614 g/mol. The number of hydrogen-bond acceptors (Lipinski definition) is 6. The zero-order chi connectivity index (χ0) is 32.0. The summed E-state index contributed by atoms with van der Waals surface area (Å²) in [6.45, 7) is 2.16. The van der Waals surface area contributed by atoms with Gasteiger partial charge in [-0.05, 0) is 49.7 Å². The summed E-state index contributed by atoms with van der Waals surface area (Å²) in [5, 5.41) is 23.1. The summed E-state index contributed by atoms with van der Waals surface area (Å²) in [4.78, 5) is 13.8. The molecule has 1 N–H and O–H groups in total. The van der Waals surface area contributed by atoms with Crippen LogP contribution in [0.3, 0.4) is 0 Å². The first kappa shape index (κ1) is 31.0. The number of aromatic nitrogens is 4. The van der Waals surface area contributed by atoms with Crippen LogP contribution in [0.25, 0.3) is 22.6 Å². The van der Waals surface area contributed by atoms with Gasteiger partial charge in [0.25, 0.3) is 0 Å². The second-order valence-electron chi connectivity index (χ2n) is 10.3. The summed E-state index contributed by atoms with van der Waals surface area (Å²) in [5.41, 5.74) is -4.91. The lowest BCUT2D eigenvalue weighted by Crippen LogP contribution is -2.19. The fourth-order valence-corrected chi connectivity index (χ4v) is 4.83. The standard InChI is InChI=1S/C30H21ClF6N4O3/c1-28(2,43)27-22(26(42)20-10-6-7-11-21(20)31)23(39-44-27)24-25(17-8-4-3-5-9-17)41(40-38-24)15-16-12-18(29(32,33)34)14-19(13-16)30(35,36)37/h3-14,43H,15H2,1-2H3. The normalized spacial score (nSPS) is 12.5. The van der Waals surface area contributed by atoms with E-state index in [1.54, 1.807) is 42.5 Å². The van der Waals surface area contributed by atoms with Crippen LogP contribution in [0.2, 0.25) is 5.02 Å².